The van der Waals surface area contributed by atoms with Crippen LogP contribution in [-0.4, -0.2) is 19.6 Å². The van der Waals surface area contributed by atoms with E-state index in [2.05, 4.69) is 30.1 Å². The highest BCUT2D eigenvalue weighted by Gasteiger charge is 2.16. The normalized spacial score (nSPS) is 15.1. The largest absolute Gasteiger partial charge is 0.382 e. The second-order valence-corrected chi connectivity index (χ2v) is 4.86. The molecule has 2 rings (SSSR count). The third-order valence-electron chi connectivity index (χ3n) is 2.58. The van der Waals surface area contributed by atoms with Crippen LogP contribution in [0, 0.1) is 5.92 Å². The average molecular weight is 225 g/mol. The number of nitrogens with zero attached hydrogens (tertiary/aromatic N) is 1. The fraction of sp³-hybridized carbons (Fsp3) is 0.500. The lowest BCUT2D eigenvalue weighted by atomic mass is 10.1. The molecule has 0 bridgehead atoms. The van der Waals surface area contributed by atoms with E-state index in [1.165, 1.54) is 5.69 Å². The van der Waals surface area contributed by atoms with Gasteiger partial charge in [0.1, 0.15) is 0 Å². The van der Waals surface area contributed by atoms with Crippen LogP contribution in [0.5, 0.6) is 0 Å². The SMILES string of the molecule is CC(C)CN1CCNc2cc(Cl)ccc21. The number of hydrogen-bond acceptors (Lipinski definition) is 2. The molecule has 1 N–H and O–H groups in total. The maximum absolute atomic E-state index is 5.97. The van der Waals surface area contributed by atoms with E-state index in [-0.39, 0.29) is 0 Å². The first-order valence-electron chi connectivity index (χ1n) is 5.45. The highest BCUT2D eigenvalue weighted by molar-refractivity contribution is 6.31. The number of fused-ring (bicyclic) bond motifs is 1. The highest BCUT2D eigenvalue weighted by Crippen LogP contribution is 2.31. The molecular formula is C12H17ClN2. The molecule has 1 aromatic rings. The summed E-state index contributed by atoms with van der Waals surface area (Å²) >= 11 is 5.97. The van der Waals surface area contributed by atoms with Crippen LogP contribution in [-0.2, 0) is 0 Å². The van der Waals surface area contributed by atoms with Gasteiger partial charge in [0.25, 0.3) is 0 Å². The van der Waals surface area contributed by atoms with Gasteiger partial charge in [-0.15, -0.1) is 0 Å². The van der Waals surface area contributed by atoms with Crippen molar-refractivity contribution >= 4 is 23.0 Å². The molecule has 1 aliphatic heterocycles. The van der Waals surface area contributed by atoms with Crippen LogP contribution >= 0.6 is 11.6 Å². The Bertz CT molecular complexity index is 349. The lowest BCUT2D eigenvalue weighted by molar-refractivity contribution is 0.610. The molecule has 82 valence electrons. The van der Waals surface area contributed by atoms with Gasteiger partial charge in [-0.25, -0.2) is 0 Å². The van der Waals surface area contributed by atoms with E-state index in [0.717, 1.165) is 30.3 Å². The molecule has 0 spiro atoms. The van der Waals surface area contributed by atoms with E-state index in [0.29, 0.717) is 5.92 Å². The molecule has 0 unspecified atom stereocenters. The maximum atomic E-state index is 5.97. The zero-order chi connectivity index (χ0) is 10.8. The number of nitrogens with one attached hydrogen (secondary N) is 1. The molecule has 0 saturated carbocycles. The van der Waals surface area contributed by atoms with Crippen molar-refractivity contribution in [2.45, 2.75) is 13.8 Å². The van der Waals surface area contributed by atoms with Crippen molar-refractivity contribution in [1.29, 1.82) is 0 Å². The van der Waals surface area contributed by atoms with E-state index in [4.69, 9.17) is 11.6 Å². The first-order valence-corrected chi connectivity index (χ1v) is 5.83. The number of benzene rings is 1. The van der Waals surface area contributed by atoms with Gasteiger partial charge in [0.2, 0.25) is 0 Å². The second kappa shape index (κ2) is 4.31. The van der Waals surface area contributed by atoms with Gasteiger partial charge in [-0.1, -0.05) is 25.4 Å². The molecular weight excluding hydrogens is 208 g/mol. The Morgan fingerprint density at radius 3 is 3.00 bits per heavy atom. The summed E-state index contributed by atoms with van der Waals surface area (Å²) in [5.41, 5.74) is 2.44. The molecule has 2 nitrogen and oxygen atoms in total. The highest BCUT2D eigenvalue weighted by atomic mass is 35.5. The zero-order valence-electron chi connectivity index (χ0n) is 9.26. The Kier molecular flexibility index (Phi) is 3.06. The maximum Gasteiger partial charge on any atom is 0.0603 e. The van der Waals surface area contributed by atoms with E-state index < -0.39 is 0 Å². The van der Waals surface area contributed by atoms with Crippen molar-refractivity contribution < 1.29 is 0 Å². The van der Waals surface area contributed by atoms with Crippen molar-refractivity contribution in [3.05, 3.63) is 23.2 Å². The number of anilines is 2. The van der Waals surface area contributed by atoms with Gasteiger partial charge in [0, 0.05) is 24.7 Å². The van der Waals surface area contributed by atoms with Crippen LogP contribution in [0.4, 0.5) is 11.4 Å². The van der Waals surface area contributed by atoms with Gasteiger partial charge in [-0.05, 0) is 24.1 Å². The quantitative estimate of drug-likeness (QED) is 0.830. The molecule has 0 fully saturated rings. The van der Waals surface area contributed by atoms with Crippen molar-refractivity contribution in [1.82, 2.24) is 0 Å². The molecule has 0 aliphatic carbocycles. The summed E-state index contributed by atoms with van der Waals surface area (Å²) in [6.45, 7) is 7.68. The van der Waals surface area contributed by atoms with Crippen LogP contribution < -0.4 is 10.2 Å². The molecule has 15 heavy (non-hydrogen) atoms. The Labute approximate surface area is 96.2 Å². The molecule has 0 atom stereocenters. The minimum absolute atomic E-state index is 0.687. The molecule has 3 heteroatoms. The molecule has 1 aliphatic rings. The smallest absolute Gasteiger partial charge is 0.0603 e. The van der Waals surface area contributed by atoms with Crippen LogP contribution in [0.1, 0.15) is 13.8 Å². The van der Waals surface area contributed by atoms with Crippen LogP contribution in [0.2, 0.25) is 5.02 Å². The summed E-state index contributed by atoms with van der Waals surface area (Å²) in [5, 5.41) is 4.18. The van der Waals surface area contributed by atoms with E-state index in [1.807, 2.05) is 12.1 Å². The summed E-state index contributed by atoms with van der Waals surface area (Å²) in [4.78, 5) is 2.42. The summed E-state index contributed by atoms with van der Waals surface area (Å²) in [7, 11) is 0. The predicted octanol–water partition coefficient (Wildman–Crippen LogP) is 3.23. The summed E-state index contributed by atoms with van der Waals surface area (Å²) in [5.74, 6) is 0.687. The number of hydrogen-bond donors (Lipinski definition) is 1. The Hall–Kier alpha value is -0.890. The predicted molar refractivity (Wildman–Crippen MR) is 67.0 cm³/mol. The number of rotatable bonds is 2. The average Bonchev–Trinajstić information content (AvgIpc) is 2.16. The van der Waals surface area contributed by atoms with Crippen molar-refractivity contribution in [3.8, 4) is 0 Å². The van der Waals surface area contributed by atoms with E-state index >= 15 is 0 Å². The minimum Gasteiger partial charge on any atom is -0.382 e. The second-order valence-electron chi connectivity index (χ2n) is 4.43. The first-order chi connectivity index (χ1) is 7.16. The van der Waals surface area contributed by atoms with Gasteiger partial charge in [-0.3, -0.25) is 0 Å². The van der Waals surface area contributed by atoms with Crippen LogP contribution in [0.15, 0.2) is 18.2 Å². The standard InChI is InChI=1S/C12H17ClN2/c1-9(2)8-15-6-5-14-11-7-10(13)3-4-12(11)15/h3-4,7,9,14H,5-6,8H2,1-2H3. The van der Waals surface area contributed by atoms with Crippen LogP contribution in [0.25, 0.3) is 0 Å². The monoisotopic (exact) mass is 224 g/mol. The third kappa shape index (κ3) is 2.37. The van der Waals surface area contributed by atoms with Gasteiger partial charge in [0.05, 0.1) is 11.4 Å². The lowest BCUT2D eigenvalue weighted by Crippen LogP contribution is -2.36. The summed E-state index contributed by atoms with van der Waals surface area (Å²) in [6, 6.07) is 6.07. The van der Waals surface area contributed by atoms with Gasteiger partial charge < -0.3 is 10.2 Å². The van der Waals surface area contributed by atoms with E-state index in [9.17, 15) is 0 Å². The molecule has 1 aromatic carbocycles. The first kappa shape index (κ1) is 10.6. The van der Waals surface area contributed by atoms with Crippen molar-refractivity contribution in [2.75, 3.05) is 29.9 Å². The molecule has 0 aromatic heterocycles. The van der Waals surface area contributed by atoms with Gasteiger partial charge >= 0.3 is 0 Å². The van der Waals surface area contributed by atoms with Crippen molar-refractivity contribution in [2.24, 2.45) is 5.92 Å². The van der Waals surface area contributed by atoms with E-state index in [1.54, 1.807) is 0 Å². The topological polar surface area (TPSA) is 15.3 Å². The Morgan fingerprint density at radius 2 is 2.27 bits per heavy atom. The Balaban J connectivity index is 2.26. The van der Waals surface area contributed by atoms with Crippen LogP contribution in [0.3, 0.4) is 0 Å². The molecule has 0 radical (unpaired) electrons. The fourth-order valence-electron chi connectivity index (χ4n) is 2.00. The van der Waals surface area contributed by atoms with Gasteiger partial charge in [0.15, 0.2) is 0 Å². The summed E-state index contributed by atoms with van der Waals surface area (Å²) < 4.78 is 0. The Morgan fingerprint density at radius 1 is 1.47 bits per heavy atom. The zero-order valence-corrected chi connectivity index (χ0v) is 10.0. The molecule has 0 amide bonds. The molecule has 0 saturated heterocycles. The minimum atomic E-state index is 0.687. The fourth-order valence-corrected chi connectivity index (χ4v) is 2.17. The molecule has 1 heterocycles. The van der Waals surface area contributed by atoms with Crippen molar-refractivity contribution in [3.63, 3.8) is 0 Å². The van der Waals surface area contributed by atoms with Gasteiger partial charge in [-0.2, -0.15) is 0 Å². The third-order valence-corrected chi connectivity index (χ3v) is 2.82. The summed E-state index contributed by atoms with van der Waals surface area (Å²) in [6.07, 6.45) is 0. The number of halogens is 1. The lowest BCUT2D eigenvalue weighted by Gasteiger charge is -2.33.